The minimum absolute atomic E-state index is 0.0260. The normalized spacial score (nSPS) is 13.3. The Hall–Kier alpha value is -2.55. The SMILES string of the molecule is CC(C)c1cc(C(C)C)c(/C(O)=C(\C(=O)OC(C)(C)C)c2c(C(C)C)cc(C(C)C)cc2C(C)C)c(C(C)C)c1. The molecule has 0 unspecified atom stereocenters. The Morgan fingerprint density at radius 1 is 0.575 bits per heavy atom. The van der Waals surface area contributed by atoms with Gasteiger partial charge in [0.2, 0.25) is 0 Å². The molecule has 2 aromatic rings. The fourth-order valence-electron chi connectivity index (χ4n) is 5.24. The van der Waals surface area contributed by atoms with Crippen LogP contribution in [0, 0.1) is 0 Å². The molecule has 3 nitrogen and oxygen atoms in total. The predicted molar refractivity (Wildman–Crippen MR) is 173 cm³/mol. The highest BCUT2D eigenvalue weighted by molar-refractivity contribution is 6.24. The molecule has 1 N–H and O–H groups in total. The molecule has 0 amide bonds. The molecule has 0 saturated carbocycles. The number of esters is 1. The summed E-state index contributed by atoms with van der Waals surface area (Å²) in [4.78, 5) is 14.2. The van der Waals surface area contributed by atoms with Crippen molar-refractivity contribution in [2.45, 2.75) is 145 Å². The minimum atomic E-state index is -0.709. The van der Waals surface area contributed by atoms with Gasteiger partial charge < -0.3 is 9.84 Å². The van der Waals surface area contributed by atoms with Gasteiger partial charge in [-0.15, -0.1) is 0 Å². The second kappa shape index (κ2) is 13.0. The van der Waals surface area contributed by atoms with E-state index in [0.717, 1.165) is 33.4 Å². The average molecular weight is 549 g/mol. The highest BCUT2D eigenvalue weighted by Gasteiger charge is 2.33. The number of ether oxygens (including phenoxy) is 1. The lowest BCUT2D eigenvalue weighted by Gasteiger charge is -2.28. The van der Waals surface area contributed by atoms with Gasteiger partial charge in [0, 0.05) is 5.56 Å². The molecular weight excluding hydrogens is 492 g/mol. The van der Waals surface area contributed by atoms with Gasteiger partial charge >= 0.3 is 5.97 Å². The van der Waals surface area contributed by atoms with Gasteiger partial charge in [-0.1, -0.05) is 107 Å². The Bertz CT molecular complexity index is 1170. The van der Waals surface area contributed by atoms with E-state index < -0.39 is 11.6 Å². The maximum absolute atomic E-state index is 14.2. The Kier molecular flexibility index (Phi) is 10.9. The monoisotopic (exact) mass is 548 g/mol. The van der Waals surface area contributed by atoms with Gasteiger partial charge in [-0.05, 0) is 95.2 Å². The van der Waals surface area contributed by atoms with E-state index >= 15 is 0 Å². The van der Waals surface area contributed by atoms with E-state index in [-0.39, 0.29) is 35.0 Å². The van der Waals surface area contributed by atoms with Crippen molar-refractivity contribution >= 4 is 17.3 Å². The van der Waals surface area contributed by atoms with E-state index in [1.807, 2.05) is 20.8 Å². The first-order chi connectivity index (χ1) is 18.3. The van der Waals surface area contributed by atoms with Crippen LogP contribution < -0.4 is 0 Å². The summed E-state index contributed by atoms with van der Waals surface area (Å²) in [5.74, 6) is 0.847. The van der Waals surface area contributed by atoms with Gasteiger partial charge in [0.05, 0.1) is 0 Å². The second-order valence-corrected chi connectivity index (χ2v) is 14.3. The molecule has 3 heteroatoms. The molecule has 40 heavy (non-hydrogen) atoms. The summed E-state index contributed by atoms with van der Waals surface area (Å²) >= 11 is 0. The molecule has 0 aliphatic carbocycles. The van der Waals surface area contributed by atoms with Crippen LogP contribution in [0.5, 0.6) is 0 Å². The van der Waals surface area contributed by atoms with E-state index in [0.29, 0.717) is 11.8 Å². The van der Waals surface area contributed by atoms with Crippen LogP contribution in [0.15, 0.2) is 24.3 Å². The van der Waals surface area contributed by atoms with E-state index in [4.69, 9.17) is 4.74 Å². The van der Waals surface area contributed by atoms with Crippen molar-refractivity contribution in [3.63, 3.8) is 0 Å². The number of hydrogen-bond acceptors (Lipinski definition) is 3. The van der Waals surface area contributed by atoms with Crippen LogP contribution in [0.4, 0.5) is 0 Å². The highest BCUT2D eigenvalue weighted by atomic mass is 16.6. The first-order valence-electron chi connectivity index (χ1n) is 15.3. The van der Waals surface area contributed by atoms with Crippen LogP contribution >= 0.6 is 0 Å². The number of carbonyl (C=O) groups is 1. The third-order valence-corrected chi connectivity index (χ3v) is 7.59. The summed E-state index contributed by atoms with van der Waals surface area (Å²) in [6, 6.07) is 8.88. The topological polar surface area (TPSA) is 46.5 Å². The van der Waals surface area contributed by atoms with Gasteiger partial charge in [0.25, 0.3) is 0 Å². The molecule has 0 aromatic heterocycles. The van der Waals surface area contributed by atoms with Crippen LogP contribution in [0.2, 0.25) is 0 Å². The Morgan fingerprint density at radius 2 is 0.875 bits per heavy atom. The molecule has 0 aliphatic heterocycles. The van der Waals surface area contributed by atoms with Crippen molar-refractivity contribution in [1.82, 2.24) is 0 Å². The van der Waals surface area contributed by atoms with Crippen molar-refractivity contribution in [3.05, 3.63) is 68.8 Å². The van der Waals surface area contributed by atoms with Gasteiger partial charge in [-0.25, -0.2) is 4.79 Å². The maximum atomic E-state index is 14.2. The Morgan fingerprint density at radius 3 is 1.12 bits per heavy atom. The van der Waals surface area contributed by atoms with Crippen LogP contribution in [0.1, 0.15) is 184 Å². The van der Waals surface area contributed by atoms with E-state index in [9.17, 15) is 9.90 Å². The van der Waals surface area contributed by atoms with E-state index in [1.54, 1.807) is 0 Å². The first-order valence-corrected chi connectivity index (χ1v) is 15.3. The fraction of sp³-hybridized carbons (Fsp3) is 0.595. The van der Waals surface area contributed by atoms with Crippen molar-refractivity contribution in [1.29, 1.82) is 0 Å². The van der Waals surface area contributed by atoms with Crippen LogP contribution in [0.25, 0.3) is 11.3 Å². The number of aliphatic hydroxyl groups is 1. The third kappa shape index (κ3) is 7.59. The molecule has 0 aliphatic rings. The molecule has 0 radical (unpaired) electrons. The number of carbonyl (C=O) groups excluding carboxylic acids is 1. The molecule has 0 bridgehead atoms. The maximum Gasteiger partial charge on any atom is 0.343 e. The number of hydrogen-bond donors (Lipinski definition) is 1. The molecule has 222 valence electrons. The number of benzene rings is 2. The zero-order valence-electron chi connectivity index (χ0n) is 28.0. The molecule has 0 spiro atoms. The fourth-order valence-corrected chi connectivity index (χ4v) is 5.24. The summed E-state index contributed by atoms with van der Waals surface area (Å²) in [6.45, 7) is 31.7. The Labute approximate surface area is 245 Å². The van der Waals surface area contributed by atoms with Crippen LogP contribution in [-0.4, -0.2) is 16.7 Å². The van der Waals surface area contributed by atoms with Gasteiger partial charge in [-0.3, -0.25) is 0 Å². The summed E-state index contributed by atoms with van der Waals surface area (Å²) < 4.78 is 6.05. The molecule has 2 aromatic carbocycles. The first kappa shape index (κ1) is 33.7. The van der Waals surface area contributed by atoms with Gasteiger partial charge in [0.15, 0.2) is 0 Å². The highest BCUT2D eigenvalue weighted by Crippen LogP contribution is 2.43. The number of aliphatic hydroxyl groups excluding tert-OH is 1. The molecule has 0 saturated heterocycles. The predicted octanol–water partition coefficient (Wildman–Crippen LogP) is 11.2. The summed E-state index contributed by atoms with van der Waals surface area (Å²) in [7, 11) is 0. The zero-order valence-corrected chi connectivity index (χ0v) is 28.0. The van der Waals surface area contributed by atoms with E-state index in [1.165, 1.54) is 11.1 Å². The Balaban J connectivity index is 3.26. The molecular formula is C37H56O3. The van der Waals surface area contributed by atoms with Gasteiger partial charge in [0.1, 0.15) is 16.9 Å². The van der Waals surface area contributed by atoms with Crippen molar-refractivity contribution in [2.75, 3.05) is 0 Å². The largest absolute Gasteiger partial charge is 0.506 e. The molecule has 2 rings (SSSR count). The molecule has 0 heterocycles. The second-order valence-electron chi connectivity index (χ2n) is 14.3. The summed E-state index contributed by atoms with van der Waals surface area (Å²) in [6.07, 6.45) is 0. The van der Waals surface area contributed by atoms with Crippen molar-refractivity contribution < 1.29 is 14.6 Å². The minimum Gasteiger partial charge on any atom is -0.506 e. The quantitative estimate of drug-likeness (QED) is 0.147. The van der Waals surface area contributed by atoms with Crippen molar-refractivity contribution in [3.8, 4) is 0 Å². The lowest BCUT2D eigenvalue weighted by molar-refractivity contribution is -0.147. The van der Waals surface area contributed by atoms with Crippen molar-refractivity contribution in [2.24, 2.45) is 0 Å². The van der Waals surface area contributed by atoms with E-state index in [2.05, 4.69) is 107 Å². The standard InChI is InChI=1S/C37H56O3/c1-20(2)26-16-28(22(5)6)32(29(17-26)23(7)8)34(36(39)40-37(13,14)15)35(38)33-30(24(9)10)18-27(21(3)4)19-31(33)25(11)12/h16-25,38H,1-15H3/b35-34+. The lowest BCUT2D eigenvalue weighted by atomic mass is 9.78. The zero-order chi connectivity index (χ0) is 30.9. The summed E-state index contributed by atoms with van der Waals surface area (Å²) in [5.41, 5.74) is 7.90. The average Bonchev–Trinajstić information content (AvgIpc) is 2.81. The molecule has 0 atom stereocenters. The lowest BCUT2D eigenvalue weighted by Crippen LogP contribution is -2.26. The molecule has 0 fully saturated rings. The summed E-state index contributed by atoms with van der Waals surface area (Å²) in [5, 5.41) is 12.5. The smallest absolute Gasteiger partial charge is 0.343 e. The van der Waals surface area contributed by atoms with Crippen LogP contribution in [-0.2, 0) is 9.53 Å². The number of rotatable bonds is 9. The third-order valence-electron chi connectivity index (χ3n) is 7.59. The van der Waals surface area contributed by atoms with Gasteiger partial charge in [-0.2, -0.15) is 0 Å². The van der Waals surface area contributed by atoms with Crippen LogP contribution in [0.3, 0.4) is 0 Å².